The Balaban J connectivity index is 1.98. The van der Waals surface area contributed by atoms with E-state index < -0.39 is 24.1 Å². The van der Waals surface area contributed by atoms with Gasteiger partial charge in [-0.25, -0.2) is 15.0 Å². The van der Waals surface area contributed by atoms with Crippen LogP contribution in [0.2, 0.25) is 0 Å². The number of amidine groups is 1. The number of nitrogens with two attached hydrogens (primary N) is 1. The zero-order valence-electron chi connectivity index (χ0n) is 14.3. The SMILES string of the molecule is Nc1ncc(C2=CC(N3CCOCC3)=NC(NCCO)N2)c(C(F)(F)F)n1. The molecule has 5 N–H and O–H groups in total. The molecule has 148 valence electrons. The van der Waals surface area contributed by atoms with E-state index in [1.807, 2.05) is 4.90 Å². The molecule has 0 spiro atoms. The van der Waals surface area contributed by atoms with Crippen LogP contribution in [-0.4, -0.2) is 71.6 Å². The molecule has 2 aliphatic rings. The third kappa shape index (κ3) is 4.64. The van der Waals surface area contributed by atoms with Crippen LogP contribution >= 0.6 is 0 Å². The van der Waals surface area contributed by atoms with E-state index in [2.05, 4.69) is 25.6 Å². The number of alkyl halides is 3. The molecule has 1 aromatic heterocycles. The molecule has 0 amide bonds. The first kappa shape index (κ1) is 19.3. The van der Waals surface area contributed by atoms with Gasteiger partial charge in [-0.1, -0.05) is 0 Å². The van der Waals surface area contributed by atoms with Crippen molar-refractivity contribution >= 4 is 17.5 Å². The third-order valence-corrected chi connectivity index (χ3v) is 3.98. The summed E-state index contributed by atoms with van der Waals surface area (Å²) in [6.07, 6.45) is -2.85. The number of aromatic nitrogens is 2. The second kappa shape index (κ2) is 8.06. The Kier molecular flexibility index (Phi) is 5.77. The molecule has 1 fully saturated rings. The molecule has 0 aliphatic carbocycles. The number of aliphatic hydroxyl groups excluding tert-OH is 1. The van der Waals surface area contributed by atoms with Crippen LogP contribution in [0.1, 0.15) is 11.3 Å². The Hall–Kier alpha value is -2.44. The van der Waals surface area contributed by atoms with Gasteiger partial charge in [0.2, 0.25) is 5.95 Å². The fourth-order valence-electron chi connectivity index (χ4n) is 2.75. The maximum atomic E-state index is 13.4. The number of nitrogen functional groups attached to an aromatic ring is 1. The normalized spacial score (nSPS) is 20.7. The Morgan fingerprint density at radius 1 is 1.37 bits per heavy atom. The molecule has 1 unspecified atom stereocenters. The summed E-state index contributed by atoms with van der Waals surface area (Å²) in [5.41, 5.74) is 4.15. The van der Waals surface area contributed by atoms with Crippen LogP contribution < -0.4 is 16.4 Å². The Bertz CT molecular complexity index is 733. The largest absolute Gasteiger partial charge is 0.434 e. The number of halogens is 3. The van der Waals surface area contributed by atoms with E-state index in [1.165, 1.54) is 6.08 Å². The number of hydrogen-bond acceptors (Lipinski definition) is 9. The first-order valence-corrected chi connectivity index (χ1v) is 8.31. The third-order valence-electron chi connectivity index (χ3n) is 3.98. The van der Waals surface area contributed by atoms with E-state index in [4.69, 9.17) is 15.6 Å². The molecular weight excluding hydrogens is 367 g/mol. The maximum Gasteiger partial charge on any atom is 0.434 e. The molecule has 0 bridgehead atoms. The van der Waals surface area contributed by atoms with Gasteiger partial charge in [-0.3, -0.25) is 5.32 Å². The first-order valence-electron chi connectivity index (χ1n) is 8.31. The molecule has 27 heavy (non-hydrogen) atoms. The summed E-state index contributed by atoms with van der Waals surface area (Å²) in [4.78, 5) is 13.5. The number of aliphatic hydroxyl groups is 1. The van der Waals surface area contributed by atoms with Crippen molar-refractivity contribution in [2.45, 2.75) is 12.5 Å². The maximum absolute atomic E-state index is 13.4. The topological polar surface area (TPSA) is 121 Å². The quantitative estimate of drug-likeness (QED) is 0.552. The van der Waals surface area contributed by atoms with Crippen LogP contribution in [0.5, 0.6) is 0 Å². The predicted molar refractivity (Wildman–Crippen MR) is 91.3 cm³/mol. The van der Waals surface area contributed by atoms with Gasteiger partial charge in [0.05, 0.1) is 25.5 Å². The standard InChI is InChI=1S/C15H20F3N7O2/c16-15(17,18)12-9(8-21-13(19)24-12)10-7-11(25-2-5-27-6-3-25)23-14(22-10)20-1-4-26/h7-8,14,20,22,26H,1-6H2,(H2,19,21,24). The average molecular weight is 387 g/mol. The minimum absolute atomic E-state index is 0.140. The molecule has 3 heterocycles. The number of nitrogens with zero attached hydrogens (tertiary/aromatic N) is 4. The van der Waals surface area contributed by atoms with Gasteiger partial charge in [0.15, 0.2) is 12.0 Å². The van der Waals surface area contributed by atoms with Gasteiger partial charge in [-0.2, -0.15) is 13.2 Å². The molecule has 9 nitrogen and oxygen atoms in total. The number of ether oxygens (including phenoxy) is 1. The van der Waals surface area contributed by atoms with Crippen LogP contribution in [-0.2, 0) is 10.9 Å². The zero-order valence-corrected chi connectivity index (χ0v) is 14.3. The fourth-order valence-corrected chi connectivity index (χ4v) is 2.75. The van der Waals surface area contributed by atoms with Crippen molar-refractivity contribution in [1.29, 1.82) is 0 Å². The van der Waals surface area contributed by atoms with Gasteiger partial charge in [0.1, 0.15) is 5.84 Å². The van der Waals surface area contributed by atoms with Crippen LogP contribution in [0.3, 0.4) is 0 Å². The summed E-state index contributed by atoms with van der Waals surface area (Å²) in [6, 6.07) is 0. The van der Waals surface area contributed by atoms with Gasteiger partial charge >= 0.3 is 6.18 Å². The first-order chi connectivity index (χ1) is 12.9. The van der Waals surface area contributed by atoms with E-state index >= 15 is 0 Å². The molecule has 3 rings (SSSR count). The van der Waals surface area contributed by atoms with Gasteiger partial charge < -0.3 is 25.8 Å². The van der Waals surface area contributed by atoms with Gasteiger partial charge in [-0.15, -0.1) is 0 Å². The number of morpholine rings is 1. The highest BCUT2D eigenvalue weighted by atomic mass is 19.4. The number of anilines is 1. The van der Waals surface area contributed by atoms with Crippen molar-refractivity contribution in [2.75, 3.05) is 45.2 Å². The average Bonchev–Trinajstić information content (AvgIpc) is 2.66. The molecule has 12 heteroatoms. The van der Waals surface area contributed by atoms with Gasteiger partial charge in [0, 0.05) is 37.5 Å². The van der Waals surface area contributed by atoms with E-state index in [0.29, 0.717) is 32.1 Å². The van der Waals surface area contributed by atoms with Crippen LogP contribution in [0.4, 0.5) is 19.1 Å². The van der Waals surface area contributed by atoms with Crippen LogP contribution in [0.25, 0.3) is 5.70 Å². The minimum Gasteiger partial charge on any atom is -0.395 e. The summed E-state index contributed by atoms with van der Waals surface area (Å²) in [7, 11) is 0. The van der Waals surface area contributed by atoms with Crippen molar-refractivity contribution in [1.82, 2.24) is 25.5 Å². The zero-order chi connectivity index (χ0) is 19.4. The Morgan fingerprint density at radius 2 is 2.11 bits per heavy atom. The Labute approximate surface area is 153 Å². The number of hydrogen-bond donors (Lipinski definition) is 4. The Morgan fingerprint density at radius 3 is 2.78 bits per heavy atom. The smallest absolute Gasteiger partial charge is 0.395 e. The predicted octanol–water partition coefficient (Wildman–Crippen LogP) is -0.382. The molecule has 2 aliphatic heterocycles. The molecule has 1 saturated heterocycles. The lowest BCUT2D eigenvalue weighted by Gasteiger charge is -2.33. The summed E-state index contributed by atoms with van der Waals surface area (Å²) in [5, 5.41) is 14.8. The van der Waals surface area contributed by atoms with Gasteiger partial charge in [0.25, 0.3) is 0 Å². The minimum atomic E-state index is -4.70. The summed E-state index contributed by atoms with van der Waals surface area (Å²) in [6.45, 7) is 2.22. The number of rotatable bonds is 4. The second-order valence-electron chi connectivity index (χ2n) is 5.86. The molecule has 1 atom stereocenters. The number of nitrogens with one attached hydrogen (secondary N) is 2. The monoisotopic (exact) mass is 387 g/mol. The van der Waals surface area contributed by atoms with Crippen molar-refractivity contribution in [3.8, 4) is 0 Å². The second-order valence-corrected chi connectivity index (χ2v) is 5.86. The van der Waals surface area contributed by atoms with E-state index in [9.17, 15) is 13.2 Å². The molecule has 1 aromatic rings. The van der Waals surface area contributed by atoms with Crippen molar-refractivity contribution in [3.63, 3.8) is 0 Å². The molecule has 0 aromatic carbocycles. The van der Waals surface area contributed by atoms with E-state index in [1.54, 1.807) is 0 Å². The van der Waals surface area contributed by atoms with Gasteiger partial charge in [-0.05, 0) is 0 Å². The van der Waals surface area contributed by atoms with Crippen molar-refractivity contribution < 1.29 is 23.0 Å². The van der Waals surface area contributed by atoms with Crippen molar-refractivity contribution in [3.05, 3.63) is 23.5 Å². The van der Waals surface area contributed by atoms with E-state index in [-0.39, 0.29) is 24.4 Å². The highest BCUT2D eigenvalue weighted by molar-refractivity contribution is 6.00. The molecule has 0 saturated carbocycles. The summed E-state index contributed by atoms with van der Waals surface area (Å²) < 4.78 is 45.6. The fraction of sp³-hybridized carbons (Fsp3) is 0.533. The van der Waals surface area contributed by atoms with E-state index in [0.717, 1.165) is 6.20 Å². The summed E-state index contributed by atoms with van der Waals surface area (Å²) >= 11 is 0. The van der Waals surface area contributed by atoms with Crippen LogP contribution in [0.15, 0.2) is 17.3 Å². The van der Waals surface area contributed by atoms with Crippen LogP contribution in [0, 0.1) is 0 Å². The highest BCUT2D eigenvalue weighted by Gasteiger charge is 2.38. The lowest BCUT2D eigenvalue weighted by atomic mass is 10.1. The summed E-state index contributed by atoms with van der Waals surface area (Å²) in [5.74, 6) is 0.0481. The molecule has 0 radical (unpaired) electrons. The highest BCUT2D eigenvalue weighted by Crippen LogP contribution is 2.33. The number of aliphatic imine (C=N–C) groups is 1. The lowest BCUT2D eigenvalue weighted by Crippen LogP contribution is -2.48. The lowest BCUT2D eigenvalue weighted by molar-refractivity contribution is -0.141. The molecular formula is C15H20F3N7O2. The van der Waals surface area contributed by atoms with Crippen molar-refractivity contribution in [2.24, 2.45) is 4.99 Å².